The van der Waals surface area contributed by atoms with Crippen LogP contribution in [0.5, 0.6) is 5.75 Å². The molecule has 2 heterocycles. The number of nitrogens with two attached hydrogens (primary N) is 1. The number of hydrogen-bond donors (Lipinski definition) is 2. The van der Waals surface area contributed by atoms with Crippen LogP contribution in [0.25, 0.3) is 0 Å². The van der Waals surface area contributed by atoms with Crippen LogP contribution in [0.15, 0.2) is 24.3 Å². The number of nitrogens with zero attached hydrogens (tertiary/aromatic N) is 1. The number of benzene rings is 1. The van der Waals surface area contributed by atoms with Crippen molar-refractivity contribution in [2.45, 2.75) is 6.04 Å². The Morgan fingerprint density at radius 3 is 2.86 bits per heavy atom. The number of carbonyl (C=O) groups is 1. The number of anilines is 1. The van der Waals surface area contributed by atoms with Crippen molar-refractivity contribution >= 4 is 23.3 Å². The number of halogens is 3. The summed E-state index contributed by atoms with van der Waals surface area (Å²) in [6.07, 6.45) is 0. The number of hydrogen-bond acceptors (Lipinski definition) is 4. The lowest BCUT2D eigenvalue weighted by molar-refractivity contribution is 0.0930. The second-order valence-corrected chi connectivity index (χ2v) is 5.13. The molecule has 22 heavy (non-hydrogen) atoms. The monoisotopic (exact) mass is 325 g/mol. The summed E-state index contributed by atoms with van der Waals surface area (Å²) in [5.41, 5.74) is 5.82. The fourth-order valence-corrected chi connectivity index (χ4v) is 2.49. The first kappa shape index (κ1) is 14.5. The Balaban J connectivity index is 1.85. The number of nitrogen functional groups attached to an aromatic ring is 1. The smallest absolute Gasteiger partial charge is 0.252 e. The maximum Gasteiger partial charge on any atom is 0.252 e. The first-order valence-electron chi connectivity index (χ1n) is 6.29. The molecular formula is C14H10ClF2N3O2. The van der Waals surface area contributed by atoms with E-state index >= 15 is 0 Å². The third-order valence-corrected chi connectivity index (χ3v) is 3.39. The SMILES string of the molecule is Nc1cc(C(=O)NC2COc3cc(F)cc(F)c32)cc(Cl)n1. The van der Waals surface area contributed by atoms with E-state index in [1.165, 1.54) is 12.1 Å². The first-order valence-corrected chi connectivity index (χ1v) is 6.67. The first-order chi connectivity index (χ1) is 10.4. The largest absolute Gasteiger partial charge is 0.490 e. The van der Waals surface area contributed by atoms with E-state index in [1.807, 2.05) is 0 Å². The number of rotatable bonds is 2. The predicted molar refractivity (Wildman–Crippen MR) is 75.7 cm³/mol. The zero-order chi connectivity index (χ0) is 15.9. The summed E-state index contributed by atoms with van der Waals surface area (Å²) in [6, 6.07) is 3.78. The quantitative estimate of drug-likeness (QED) is 0.832. The Kier molecular flexibility index (Phi) is 3.58. The molecule has 1 aromatic heterocycles. The van der Waals surface area contributed by atoms with Gasteiger partial charge in [0.25, 0.3) is 5.91 Å². The number of ether oxygens (including phenoxy) is 1. The maximum absolute atomic E-state index is 13.9. The lowest BCUT2D eigenvalue weighted by Gasteiger charge is -2.12. The minimum atomic E-state index is -0.773. The van der Waals surface area contributed by atoms with Crippen molar-refractivity contribution in [3.63, 3.8) is 0 Å². The molecule has 1 amide bonds. The summed E-state index contributed by atoms with van der Waals surface area (Å²) in [5.74, 6) is -1.85. The van der Waals surface area contributed by atoms with Gasteiger partial charge in [-0.2, -0.15) is 0 Å². The predicted octanol–water partition coefficient (Wildman–Crippen LogP) is 2.46. The van der Waals surface area contributed by atoms with Crippen molar-refractivity contribution in [3.05, 3.63) is 52.2 Å². The molecule has 8 heteroatoms. The molecule has 0 radical (unpaired) electrons. The van der Waals surface area contributed by atoms with Gasteiger partial charge in [-0.1, -0.05) is 11.6 Å². The molecule has 1 aromatic carbocycles. The molecule has 0 bridgehead atoms. The Morgan fingerprint density at radius 2 is 2.14 bits per heavy atom. The highest BCUT2D eigenvalue weighted by Crippen LogP contribution is 2.35. The van der Waals surface area contributed by atoms with E-state index in [0.29, 0.717) is 0 Å². The van der Waals surface area contributed by atoms with Gasteiger partial charge in [0, 0.05) is 17.7 Å². The number of pyridine rings is 1. The van der Waals surface area contributed by atoms with Gasteiger partial charge >= 0.3 is 0 Å². The van der Waals surface area contributed by atoms with Crippen LogP contribution >= 0.6 is 11.6 Å². The van der Waals surface area contributed by atoms with Crippen molar-refractivity contribution in [1.82, 2.24) is 10.3 Å². The maximum atomic E-state index is 13.9. The molecule has 3 rings (SSSR count). The second-order valence-electron chi connectivity index (χ2n) is 4.74. The molecule has 1 unspecified atom stereocenters. The van der Waals surface area contributed by atoms with Gasteiger partial charge in [0.1, 0.15) is 35.0 Å². The summed E-state index contributed by atoms with van der Waals surface area (Å²) >= 11 is 5.74. The normalized spacial score (nSPS) is 16.0. The summed E-state index contributed by atoms with van der Waals surface area (Å²) in [5, 5.41) is 2.67. The number of aromatic nitrogens is 1. The van der Waals surface area contributed by atoms with E-state index in [0.717, 1.165) is 12.1 Å². The molecule has 0 saturated carbocycles. The van der Waals surface area contributed by atoms with Gasteiger partial charge in [0.05, 0.1) is 11.6 Å². The molecule has 114 valence electrons. The summed E-state index contributed by atoms with van der Waals surface area (Å²) < 4.78 is 32.2. The van der Waals surface area contributed by atoms with E-state index in [1.54, 1.807) is 0 Å². The molecule has 1 aliphatic rings. The Morgan fingerprint density at radius 1 is 1.36 bits per heavy atom. The van der Waals surface area contributed by atoms with E-state index in [9.17, 15) is 13.6 Å². The lowest BCUT2D eigenvalue weighted by atomic mass is 10.1. The van der Waals surface area contributed by atoms with Gasteiger partial charge in [0.2, 0.25) is 0 Å². The third-order valence-electron chi connectivity index (χ3n) is 3.19. The molecule has 1 aliphatic heterocycles. The van der Waals surface area contributed by atoms with Crippen molar-refractivity contribution in [3.8, 4) is 5.75 Å². The van der Waals surface area contributed by atoms with Crippen molar-refractivity contribution in [2.75, 3.05) is 12.3 Å². The van der Waals surface area contributed by atoms with E-state index < -0.39 is 23.6 Å². The Hall–Kier alpha value is -2.41. The molecule has 0 spiro atoms. The topological polar surface area (TPSA) is 77.2 Å². The van der Waals surface area contributed by atoms with Crippen molar-refractivity contribution < 1.29 is 18.3 Å². The molecule has 0 saturated heterocycles. The highest BCUT2D eigenvalue weighted by atomic mass is 35.5. The van der Waals surface area contributed by atoms with Gasteiger partial charge in [-0.05, 0) is 12.1 Å². The molecular weight excluding hydrogens is 316 g/mol. The van der Waals surface area contributed by atoms with Crippen molar-refractivity contribution in [1.29, 1.82) is 0 Å². The van der Waals surface area contributed by atoms with Crippen LogP contribution in [0.4, 0.5) is 14.6 Å². The van der Waals surface area contributed by atoms with Gasteiger partial charge in [0.15, 0.2) is 0 Å². The third kappa shape index (κ3) is 2.67. The molecule has 1 atom stereocenters. The fourth-order valence-electron chi connectivity index (χ4n) is 2.28. The molecule has 3 N–H and O–H groups in total. The number of nitrogens with one attached hydrogen (secondary N) is 1. The van der Waals surface area contributed by atoms with Crippen LogP contribution in [0.3, 0.4) is 0 Å². The van der Waals surface area contributed by atoms with Crippen LogP contribution in [0, 0.1) is 11.6 Å². The van der Waals surface area contributed by atoms with Gasteiger partial charge in [-0.15, -0.1) is 0 Å². The van der Waals surface area contributed by atoms with Crippen LogP contribution in [0.1, 0.15) is 22.0 Å². The van der Waals surface area contributed by atoms with Gasteiger partial charge < -0.3 is 15.8 Å². The van der Waals surface area contributed by atoms with Crippen molar-refractivity contribution in [2.24, 2.45) is 0 Å². The number of fused-ring (bicyclic) bond motifs is 1. The minimum Gasteiger partial charge on any atom is -0.490 e. The Labute approximate surface area is 129 Å². The van der Waals surface area contributed by atoms with Crippen LogP contribution in [-0.4, -0.2) is 17.5 Å². The fraction of sp³-hybridized carbons (Fsp3) is 0.143. The summed E-state index contributed by atoms with van der Waals surface area (Å²) in [4.78, 5) is 15.9. The average molecular weight is 326 g/mol. The number of amides is 1. The van der Waals surface area contributed by atoms with Crippen LogP contribution in [-0.2, 0) is 0 Å². The second kappa shape index (κ2) is 5.42. The molecule has 2 aromatic rings. The van der Waals surface area contributed by atoms with Crippen LogP contribution in [0.2, 0.25) is 5.15 Å². The standard InChI is InChI=1S/C14H10ClF2N3O2/c15-11-1-6(2-12(18)20-11)14(21)19-9-5-22-10-4-7(16)3-8(17)13(9)10/h1-4,9H,5H2,(H2,18,20)(H,19,21). The van der Waals surface area contributed by atoms with Crippen LogP contribution < -0.4 is 15.8 Å². The average Bonchev–Trinajstić information content (AvgIpc) is 2.80. The zero-order valence-corrected chi connectivity index (χ0v) is 11.8. The van der Waals surface area contributed by atoms with E-state index in [2.05, 4.69) is 10.3 Å². The minimum absolute atomic E-state index is 0.00967. The number of carbonyl (C=O) groups excluding carboxylic acids is 1. The lowest BCUT2D eigenvalue weighted by Crippen LogP contribution is -2.30. The van der Waals surface area contributed by atoms with Gasteiger partial charge in [-0.25, -0.2) is 13.8 Å². The summed E-state index contributed by atoms with van der Waals surface area (Å²) in [7, 11) is 0. The Bertz CT molecular complexity index is 750. The van der Waals surface area contributed by atoms with E-state index in [4.69, 9.17) is 22.1 Å². The molecule has 0 fully saturated rings. The highest BCUT2D eigenvalue weighted by Gasteiger charge is 2.30. The zero-order valence-electron chi connectivity index (χ0n) is 11.1. The summed E-state index contributed by atoms with van der Waals surface area (Å²) in [6.45, 7) is 0.00967. The van der Waals surface area contributed by atoms with E-state index in [-0.39, 0.29) is 34.5 Å². The molecule has 5 nitrogen and oxygen atoms in total. The highest BCUT2D eigenvalue weighted by molar-refractivity contribution is 6.29. The molecule has 0 aliphatic carbocycles. The van der Waals surface area contributed by atoms with Gasteiger partial charge in [-0.3, -0.25) is 4.79 Å².